The van der Waals surface area contributed by atoms with Crippen LogP contribution in [0.4, 0.5) is 0 Å². The third kappa shape index (κ3) is 4.69. The fourth-order valence-corrected chi connectivity index (χ4v) is 2.60. The zero-order chi connectivity index (χ0) is 20.0. The van der Waals surface area contributed by atoms with Gasteiger partial charge in [-0.25, -0.2) is 0 Å². The molecule has 2 unspecified atom stereocenters. The van der Waals surface area contributed by atoms with Gasteiger partial charge in [0.2, 0.25) is 0 Å². The first kappa shape index (κ1) is 20.5. The first-order valence-electron chi connectivity index (χ1n) is 8.31. The molecule has 0 aliphatic carbocycles. The first-order valence-corrected chi connectivity index (χ1v) is 8.31. The standard InChI is InChI=1S/C20H24O7/c1-12(22)13-5-8-16(18(9-13)26-4)27-19(11-21)20(23)14-6-7-15(24-2)17(10-14)25-3/h5-10,19-21,23H,11H2,1-4H3. The second-order valence-corrected chi connectivity index (χ2v) is 5.82. The van der Waals surface area contributed by atoms with Crippen LogP contribution in [0.3, 0.4) is 0 Å². The van der Waals surface area contributed by atoms with Gasteiger partial charge in [-0.15, -0.1) is 0 Å². The molecule has 0 saturated carbocycles. The van der Waals surface area contributed by atoms with E-state index in [-0.39, 0.29) is 5.78 Å². The molecule has 146 valence electrons. The van der Waals surface area contributed by atoms with Gasteiger partial charge in [-0.05, 0) is 42.8 Å². The van der Waals surface area contributed by atoms with E-state index in [2.05, 4.69) is 0 Å². The molecule has 7 nitrogen and oxygen atoms in total. The molecule has 0 fully saturated rings. The van der Waals surface area contributed by atoms with Gasteiger partial charge in [0.15, 0.2) is 34.9 Å². The Morgan fingerprint density at radius 3 is 2.07 bits per heavy atom. The average Bonchev–Trinajstić information content (AvgIpc) is 2.70. The van der Waals surface area contributed by atoms with Gasteiger partial charge in [-0.2, -0.15) is 0 Å². The fraction of sp³-hybridized carbons (Fsp3) is 0.350. The Balaban J connectivity index is 2.28. The number of methoxy groups -OCH3 is 3. The summed E-state index contributed by atoms with van der Waals surface area (Å²) in [5.41, 5.74) is 0.964. The van der Waals surface area contributed by atoms with Crippen LogP contribution in [0.5, 0.6) is 23.0 Å². The number of ketones is 1. The lowest BCUT2D eigenvalue weighted by Gasteiger charge is -2.24. The lowest BCUT2D eigenvalue weighted by Crippen LogP contribution is -2.29. The topological polar surface area (TPSA) is 94.5 Å². The van der Waals surface area contributed by atoms with E-state index >= 15 is 0 Å². The van der Waals surface area contributed by atoms with E-state index in [1.807, 2.05) is 0 Å². The van der Waals surface area contributed by atoms with Crippen LogP contribution in [0.1, 0.15) is 28.9 Å². The molecular weight excluding hydrogens is 352 g/mol. The molecular formula is C20H24O7. The molecule has 7 heteroatoms. The highest BCUT2D eigenvalue weighted by Crippen LogP contribution is 2.34. The molecule has 2 N–H and O–H groups in total. The predicted molar refractivity (Wildman–Crippen MR) is 99.0 cm³/mol. The van der Waals surface area contributed by atoms with Gasteiger partial charge in [0.1, 0.15) is 6.10 Å². The molecule has 0 amide bonds. The van der Waals surface area contributed by atoms with E-state index < -0.39 is 18.8 Å². The van der Waals surface area contributed by atoms with Crippen LogP contribution in [0, 0.1) is 0 Å². The number of aliphatic hydroxyl groups is 2. The molecule has 0 radical (unpaired) electrons. The second kappa shape index (κ2) is 9.25. The molecule has 0 spiro atoms. The Labute approximate surface area is 158 Å². The SMILES string of the molecule is COc1ccc(C(O)C(CO)Oc2ccc(C(C)=O)cc2OC)cc1OC. The highest BCUT2D eigenvalue weighted by atomic mass is 16.5. The largest absolute Gasteiger partial charge is 0.493 e. The van der Waals surface area contributed by atoms with Crippen molar-refractivity contribution < 1.29 is 34.0 Å². The molecule has 0 saturated heterocycles. The Hall–Kier alpha value is -2.77. The molecule has 2 atom stereocenters. The van der Waals surface area contributed by atoms with Crippen molar-refractivity contribution >= 4 is 5.78 Å². The van der Waals surface area contributed by atoms with E-state index in [1.165, 1.54) is 28.3 Å². The number of hydrogen-bond donors (Lipinski definition) is 2. The van der Waals surface area contributed by atoms with Crippen molar-refractivity contribution in [2.75, 3.05) is 27.9 Å². The van der Waals surface area contributed by atoms with Crippen molar-refractivity contribution in [2.45, 2.75) is 19.1 Å². The van der Waals surface area contributed by atoms with E-state index in [1.54, 1.807) is 36.4 Å². The van der Waals surface area contributed by atoms with E-state index in [9.17, 15) is 15.0 Å². The van der Waals surface area contributed by atoms with Crippen molar-refractivity contribution in [3.8, 4) is 23.0 Å². The molecule has 0 aliphatic heterocycles. The summed E-state index contributed by atoms with van der Waals surface area (Å²) in [6.07, 6.45) is -2.09. The van der Waals surface area contributed by atoms with Crippen molar-refractivity contribution in [2.24, 2.45) is 0 Å². The Bertz CT molecular complexity index is 788. The van der Waals surface area contributed by atoms with Crippen molar-refractivity contribution in [1.82, 2.24) is 0 Å². The maximum Gasteiger partial charge on any atom is 0.161 e. The molecule has 2 aromatic rings. The highest BCUT2D eigenvalue weighted by molar-refractivity contribution is 5.94. The molecule has 0 heterocycles. The fourth-order valence-electron chi connectivity index (χ4n) is 2.60. The lowest BCUT2D eigenvalue weighted by molar-refractivity contribution is -0.000528. The summed E-state index contributed by atoms with van der Waals surface area (Å²) in [7, 11) is 4.46. The number of carbonyl (C=O) groups excluding carboxylic acids is 1. The van der Waals surface area contributed by atoms with Gasteiger partial charge >= 0.3 is 0 Å². The minimum atomic E-state index is -1.13. The summed E-state index contributed by atoms with van der Waals surface area (Å²) < 4.78 is 21.4. The molecule has 0 aliphatic rings. The quantitative estimate of drug-likeness (QED) is 0.649. The van der Waals surface area contributed by atoms with Gasteiger partial charge in [-0.1, -0.05) is 6.07 Å². The lowest BCUT2D eigenvalue weighted by atomic mass is 10.0. The first-order chi connectivity index (χ1) is 12.9. The van der Waals surface area contributed by atoms with E-state index in [0.29, 0.717) is 34.1 Å². The highest BCUT2D eigenvalue weighted by Gasteiger charge is 2.25. The van der Waals surface area contributed by atoms with Crippen molar-refractivity contribution in [3.63, 3.8) is 0 Å². The Kier molecular flexibility index (Phi) is 7.04. The minimum Gasteiger partial charge on any atom is -0.493 e. The van der Waals surface area contributed by atoms with Gasteiger partial charge in [0.25, 0.3) is 0 Å². The summed E-state index contributed by atoms with van der Waals surface area (Å²) in [4.78, 5) is 11.5. The van der Waals surface area contributed by atoms with Crippen LogP contribution in [0.15, 0.2) is 36.4 Å². The van der Waals surface area contributed by atoms with Crippen LogP contribution in [-0.2, 0) is 0 Å². The second-order valence-electron chi connectivity index (χ2n) is 5.82. The number of Topliss-reactive ketones (excluding diaryl/α,β-unsaturated/α-hetero) is 1. The molecule has 2 rings (SSSR count). The monoisotopic (exact) mass is 376 g/mol. The van der Waals surface area contributed by atoms with Gasteiger partial charge in [0.05, 0.1) is 27.9 Å². The van der Waals surface area contributed by atoms with Crippen molar-refractivity contribution in [1.29, 1.82) is 0 Å². The maximum atomic E-state index is 11.5. The Morgan fingerprint density at radius 2 is 1.52 bits per heavy atom. The van der Waals surface area contributed by atoms with E-state index in [4.69, 9.17) is 18.9 Å². The number of carbonyl (C=O) groups is 1. The van der Waals surface area contributed by atoms with Crippen molar-refractivity contribution in [3.05, 3.63) is 47.5 Å². The molecule has 2 aromatic carbocycles. The van der Waals surface area contributed by atoms with Gasteiger partial charge in [-0.3, -0.25) is 4.79 Å². The van der Waals surface area contributed by atoms with Crippen LogP contribution >= 0.6 is 0 Å². The average molecular weight is 376 g/mol. The summed E-state index contributed by atoms with van der Waals surface area (Å²) in [6, 6.07) is 9.65. The number of rotatable bonds is 9. The molecule has 27 heavy (non-hydrogen) atoms. The summed E-state index contributed by atoms with van der Waals surface area (Å²) in [6.45, 7) is 1.01. The maximum absolute atomic E-state index is 11.5. The van der Waals surface area contributed by atoms with Crippen LogP contribution in [-0.4, -0.2) is 50.0 Å². The number of hydrogen-bond acceptors (Lipinski definition) is 7. The van der Waals surface area contributed by atoms with Crippen LogP contribution in [0.2, 0.25) is 0 Å². The zero-order valence-corrected chi connectivity index (χ0v) is 15.8. The van der Waals surface area contributed by atoms with E-state index in [0.717, 1.165) is 0 Å². The number of ether oxygens (including phenoxy) is 4. The van der Waals surface area contributed by atoms with Gasteiger partial charge < -0.3 is 29.2 Å². The third-order valence-electron chi connectivity index (χ3n) is 4.13. The van der Waals surface area contributed by atoms with Crippen LogP contribution < -0.4 is 18.9 Å². The summed E-state index contributed by atoms with van der Waals surface area (Å²) >= 11 is 0. The number of aliphatic hydroxyl groups excluding tert-OH is 2. The Morgan fingerprint density at radius 1 is 0.926 bits per heavy atom. The molecule has 0 aromatic heterocycles. The zero-order valence-electron chi connectivity index (χ0n) is 15.8. The normalized spacial score (nSPS) is 12.8. The predicted octanol–water partition coefficient (Wildman–Crippen LogP) is 2.39. The molecule has 0 bridgehead atoms. The number of benzene rings is 2. The summed E-state index contributed by atoms with van der Waals surface area (Å²) in [5.74, 6) is 1.51. The third-order valence-corrected chi connectivity index (χ3v) is 4.13. The smallest absolute Gasteiger partial charge is 0.161 e. The van der Waals surface area contributed by atoms with Gasteiger partial charge in [0, 0.05) is 5.56 Å². The minimum absolute atomic E-state index is 0.107. The summed E-state index contributed by atoms with van der Waals surface area (Å²) in [5, 5.41) is 20.4. The van der Waals surface area contributed by atoms with Crippen LogP contribution in [0.25, 0.3) is 0 Å².